The zero-order chi connectivity index (χ0) is 16.0. The van der Waals surface area contributed by atoms with Crippen LogP contribution in [0.3, 0.4) is 0 Å². The fraction of sp³-hybridized carbons (Fsp3) is 0.375. The molecule has 0 spiro atoms. The Morgan fingerprint density at radius 1 is 1.19 bits per heavy atom. The van der Waals surface area contributed by atoms with E-state index < -0.39 is 10.8 Å². The molecule has 5 heteroatoms. The van der Waals surface area contributed by atoms with E-state index in [2.05, 4.69) is 0 Å². The van der Waals surface area contributed by atoms with Crippen molar-refractivity contribution in [1.29, 1.82) is 10.5 Å². The van der Waals surface area contributed by atoms with Crippen molar-refractivity contribution >= 4 is 5.69 Å². The van der Waals surface area contributed by atoms with Crippen LogP contribution in [0.1, 0.15) is 38.7 Å². The molecule has 5 nitrogen and oxygen atoms in total. The van der Waals surface area contributed by atoms with Crippen LogP contribution in [0.2, 0.25) is 0 Å². The molecule has 1 aromatic carbocycles. The first kappa shape index (κ1) is 16.4. The van der Waals surface area contributed by atoms with Crippen molar-refractivity contribution in [3.63, 3.8) is 0 Å². The molecule has 0 aromatic heterocycles. The molecule has 0 aliphatic carbocycles. The summed E-state index contributed by atoms with van der Waals surface area (Å²) in [7, 11) is 0. The molecule has 0 saturated heterocycles. The largest absolute Gasteiger partial charge is 0.269 e. The molecule has 1 atom stereocenters. The average Bonchev–Trinajstić information content (AvgIpc) is 2.47. The monoisotopic (exact) mass is 283 g/mol. The molecule has 0 amide bonds. The van der Waals surface area contributed by atoms with Gasteiger partial charge >= 0.3 is 0 Å². The van der Waals surface area contributed by atoms with E-state index in [1.165, 1.54) is 12.1 Å². The first-order valence-corrected chi connectivity index (χ1v) is 6.57. The van der Waals surface area contributed by atoms with E-state index in [0.29, 0.717) is 6.42 Å². The number of hydrogen-bond donors (Lipinski definition) is 0. The Balaban J connectivity index is 3.19. The summed E-state index contributed by atoms with van der Waals surface area (Å²) in [5, 5.41) is 29.0. The highest BCUT2D eigenvalue weighted by molar-refractivity contribution is 5.36. The van der Waals surface area contributed by atoms with Gasteiger partial charge in [0, 0.05) is 18.1 Å². The Hall–Kier alpha value is -2.66. The van der Waals surface area contributed by atoms with Gasteiger partial charge in [0.25, 0.3) is 5.69 Å². The molecular formula is C16H17N3O2. The number of rotatable bonds is 5. The molecule has 0 saturated carbocycles. The van der Waals surface area contributed by atoms with Gasteiger partial charge in [0.2, 0.25) is 0 Å². The quantitative estimate of drug-likeness (QED) is 0.462. The molecular weight excluding hydrogens is 266 g/mol. The lowest BCUT2D eigenvalue weighted by molar-refractivity contribution is -0.384. The number of benzene rings is 1. The molecule has 21 heavy (non-hydrogen) atoms. The third kappa shape index (κ3) is 4.15. The Morgan fingerprint density at radius 3 is 2.10 bits per heavy atom. The Labute approximate surface area is 124 Å². The number of nitro benzene ring substituents is 1. The standard InChI is InChI=1S/C16H17N3O2/c1-11(2)12(3)8-16(14(9-17)10-18)13-4-6-15(7-5-13)19(20)21/h4-7,14,16H,8H2,1-3H3/t16-/m1/s1. The van der Waals surface area contributed by atoms with E-state index >= 15 is 0 Å². The summed E-state index contributed by atoms with van der Waals surface area (Å²) in [6.45, 7) is 5.94. The second-order valence-electron chi connectivity index (χ2n) is 5.18. The van der Waals surface area contributed by atoms with Crippen molar-refractivity contribution in [2.75, 3.05) is 0 Å². The molecule has 1 aromatic rings. The fourth-order valence-electron chi connectivity index (χ4n) is 2.01. The Morgan fingerprint density at radius 2 is 1.71 bits per heavy atom. The number of nitriles is 2. The van der Waals surface area contributed by atoms with Crippen molar-refractivity contribution < 1.29 is 4.92 Å². The van der Waals surface area contributed by atoms with Crippen LogP contribution in [0.5, 0.6) is 0 Å². The second-order valence-corrected chi connectivity index (χ2v) is 5.18. The van der Waals surface area contributed by atoms with E-state index in [0.717, 1.165) is 16.7 Å². The molecule has 0 radical (unpaired) electrons. The second kappa shape index (κ2) is 7.21. The van der Waals surface area contributed by atoms with E-state index in [1.54, 1.807) is 12.1 Å². The molecule has 0 heterocycles. The summed E-state index contributed by atoms with van der Waals surface area (Å²) in [5.41, 5.74) is 3.04. The predicted molar refractivity (Wildman–Crippen MR) is 79.2 cm³/mol. The van der Waals surface area contributed by atoms with Gasteiger partial charge in [-0.15, -0.1) is 0 Å². The highest BCUT2D eigenvalue weighted by Gasteiger charge is 2.24. The van der Waals surface area contributed by atoms with E-state index in [4.69, 9.17) is 10.5 Å². The topological polar surface area (TPSA) is 90.7 Å². The smallest absolute Gasteiger partial charge is 0.258 e. The highest BCUT2D eigenvalue weighted by Crippen LogP contribution is 2.32. The molecule has 1 rings (SSSR count). The van der Waals surface area contributed by atoms with Gasteiger partial charge in [0.1, 0.15) is 5.92 Å². The van der Waals surface area contributed by atoms with Gasteiger partial charge < -0.3 is 0 Å². The summed E-state index contributed by atoms with van der Waals surface area (Å²) in [5.74, 6) is -1.06. The maximum Gasteiger partial charge on any atom is 0.269 e. The summed E-state index contributed by atoms with van der Waals surface area (Å²) < 4.78 is 0. The minimum absolute atomic E-state index is 0.00176. The first-order chi connectivity index (χ1) is 9.90. The Bertz CT molecular complexity index is 615. The van der Waals surface area contributed by atoms with Crippen molar-refractivity contribution in [2.45, 2.75) is 33.1 Å². The SMILES string of the molecule is CC(C)=C(C)C[C@H](c1ccc([N+](=O)[O-])cc1)C(C#N)C#N. The molecule has 0 fully saturated rings. The number of nitrogens with zero attached hydrogens (tertiary/aromatic N) is 3. The first-order valence-electron chi connectivity index (χ1n) is 6.57. The van der Waals surface area contributed by atoms with Crippen LogP contribution in [0, 0.1) is 38.7 Å². The van der Waals surface area contributed by atoms with Crippen molar-refractivity contribution in [3.05, 3.63) is 51.1 Å². The lowest BCUT2D eigenvalue weighted by Gasteiger charge is -2.19. The molecule has 0 N–H and O–H groups in total. The van der Waals surface area contributed by atoms with Crippen LogP contribution in [-0.2, 0) is 0 Å². The summed E-state index contributed by atoms with van der Waals surface area (Å²) >= 11 is 0. The van der Waals surface area contributed by atoms with Crippen LogP contribution in [0.15, 0.2) is 35.4 Å². The van der Waals surface area contributed by atoms with Gasteiger partial charge in [-0.3, -0.25) is 10.1 Å². The molecule has 0 aliphatic rings. The zero-order valence-corrected chi connectivity index (χ0v) is 12.3. The molecule has 0 unspecified atom stereocenters. The number of non-ortho nitro benzene ring substituents is 1. The van der Waals surface area contributed by atoms with Crippen LogP contribution in [0.4, 0.5) is 5.69 Å². The molecule has 108 valence electrons. The van der Waals surface area contributed by atoms with Crippen LogP contribution in [0.25, 0.3) is 0 Å². The third-order valence-electron chi connectivity index (χ3n) is 3.59. The maximum absolute atomic E-state index is 10.7. The van der Waals surface area contributed by atoms with Gasteiger partial charge in [-0.25, -0.2) is 0 Å². The normalized spacial score (nSPS) is 11.3. The minimum Gasteiger partial charge on any atom is -0.258 e. The van der Waals surface area contributed by atoms with E-state index in [-0.39, 0.29) is 11.6 Å². The number of hydrogen-bond acceptors (Lipinski definition) is 4. The molecule has 0 aliphatic heterocycles. The van der Waals surface area contributed by atoms with Crippen molar-refractivity contribution in [1.82, 2.24) is 0 Å². The van der Waals surface area contributed by atoms with E-state index in [9.17, 15) is 10.1 Å². The third-order valence-corrected chi connectivity index (χ3v) is 3.59. The minimum atomic E-state index is -0.777. The Kier molecular flexibility index (Phi) is 5.63. The van der Waals surface area contributed by atoms with Gasteiger partial charge in [-0.05, 0) is 32.8 Å². The van der Waals surface area contributed by atoms with Gasteiger partial charge in [0.05, 0.1) is 17.1 Å². The van der Waals surface area contributed by atoms with Crippen LogP contribution >= 0.6 is 0 Å². The van der Waals surface area contributed by atoms with E-state index in [1.807, 2.05) is 32.9 Å². The summed E-state index contributed by atoms with van der Waals surface area (Å²) in [6, 6.07) is 10.1. The highest BCUT2D eigenvalue weighted by atomic mass is 16.6. The average molecular weight is 283 g/mol. The van der Waals surface area contributed by atoms with Crippen LogP contribution < -0.4 is 0 Å². The van der Waals surface area contributed by atoms with Gasteiger partial charge in [0.15, 0.2) is 0 Å². The van der Waals surface area contributed by atoms with Gasteiger partial charge in [-0.1, -0.05) is 23.3 Å². The summed E-state index contributed by atoms with van der Waals surface area (Å²) in [6.07, 6.45) is 0.589. The van der Waals surface area contributed by atoms with Crippen molar-refractivity contribution in [3.8, 4) is 12.1 Å². The van der Waals surface area contributed by atoms with Crippen molar-refractivity contribution in [2.24, 2.45) is 5.92 Å². The number of nitro groups is 1. The fourth-order valence-corrected chi connectivity index (χ4v) is 2.01. The lowest BCUT2D eigenvalue weighted by atomic mass is 9.82. The maximum atomic E-state index is 10.7. The number of allylic oxidation sites excluding steroid dienone is 2. The van der Waals surface area contributed by atoms with Crippen LogP contribution in [-0.4, -0.2) is 4.92 Å². The lowest BCUT2D eigenvalue weighted by Crippen LogP contribution is -2.11. The zero-order valence-electron chi connectivity index (χ0n) is 12.3. The molecule has 0 bridgehead atoms. The summed E-state index contributed by atoms with van der Waals surface area (Å²) in [4.78, 5) is 10.2. The van der Waals surface area contributed by atoms with Gasteiger partial charge in [-0.2, -0.15) is 10.5 Å². The predicted octanol–water partition coefficient (Wildman–Crippen LogP) is 4.09.